The fourth-order valence-electron chi connectivity index (χ4n) is 2.12. The number of hydrogen-bond acceptors (Lipinski definition) is 2. The highest BCUT2D eigenvalue weighted by Gasteiger charge is 2.46. The van der Waals surface area contributed by atoms with E-state index in [-0.39, 0.29) is 6.07 Å². The van der Waals surface area contributed by atoms with Crippen LogP contribution in [0.25, 0.3) is 11.1 Å². The standard InChI is InChI=1S/C14H4F7NO2/c15-5-3-9-8(22-13(23)14(20,21)24-9)1-4(5)10-6(16)2-7(17)11(18)12(10)19/h1-3H,(H,22,23). The van der Waals surface area contributed by atoms with Crippen LogP contribution >= 0.6 is 0 Å². The number of fused-ring (bicyclic) bond motifs is 1. The Labute approximate surface area is 128 Å². The Bertz CT molecular complexity index is 882. The van der Waals surface area contributed by atoms with Gasteiger partial charge < -0.3 is 10.1 Å². The smallest absolute Gasteiger partial charge is 0.423 e. The zero-order valence-corrected chi connectivity index (χ0v) is 11.2. The number of halogens is 7. The Morgan fingerprint density at radius 2 is 1.54 bits per heavy atom. The highest BCUT2D eigenvalue weighted by Crippen LogP contribution is 2.41. The first-order valence-electron chi connectivity index (χ1n) is 6.17. The van der Waals surface area contributed by atoms with Gasteiger partial charge in [0.2, 0.25) is 0 Å². The molecule has 1 amide bonds. The van der Waals surface area contributed by atoms with Gasteiger partial charge in [-0.2, -0.15) is 8.78 Å². The Hall–Kier alpha value is -2.78. The summed E-state index contributed by atoms with van der Waals surface area (Å²) >= 11 is 0. The van der Waals surface area contributed by atoms with Gasteiger partial charge in [0.05, 0.1) is 11.3 Å². The summed E-state index contributed by atoms with van der Waals surface area (Å²) in [4.78, 5) is 11.1. The number of benzene rings is 2. The molecule has 0 radical (unpaired) electrons. The van der Waals surface area contributed by atoms with E-state index in [1.54, 1.807) is 5.32 Å². The molecule has 0 aromatic heterocycles. The summed E-state index contributed by atoms with van der Waals surface area (Å²) in [5.74, 6) is -11.7. The highest BCUT2D eigenvalue weighted by atomic mass is 19.3. The second-order valence-electron chi connectivity index (χ2n) is 4.74. The lowest BCUT2D eigenvalue weighted by Crippen LogP contribution is -2.43. The molecule has 3 nitrogen and oxygen atoms in total. The molecule has 0 bridgehead atoms. The van der Waals surface area contributed by atoms with E-state index in [1.807, 2.05) is 0 Å². The van der Waals surface area contributed by atoms with Crippen molar-refractivity contribution in [3.05, 3.63) is 47.3 Å². The van der Waals surface area contributed by atoms with Crippen molar-refractivity contribution in [3.63, 3.8) is 0 Å². The van der Waals surface area contributed by atoms with Crippen LogP contribution < -0.4 is 10.1 Å². The van der Waals surface area contributed by atoms with Crippen LogP contribution in [0, 0.1) is 29.1 Å². The fourth-order valence-corrected chi connectivity index (χ4v) is 2.12. The van der Waals surface area contributed by atoms with Crippen molar-refractivity contribution >= 4 is 11.6 Å². The number of anilines is 1. The number of alkyl halides is 2. The first kappa shape index (κ1) is 16.1. The van der Waals surface area contributed by atoms with Crippen LogP contribution in [0.3, 0.4) is 0 Å². The molecule has 1 heterocycles. The maximum Gasteiger partial charge on any atom is 0.482 e. The molecule has 24 heavy (non-hydrogen) atoms. The summed E-state index contributed by atoms with van der Waals surface area (Å²) in [5, 5.41) is 1.66. The third-order valence-corrected chi connectivity index (χ3v) is 3.20. The third kappa shape index (κ3) is 2.34. The topological polar surface area (TPSA) is 38.3 Å². The third-order valence-electron chi connectivity index (χ3n) is 3.20. The first-order chi connectivity index (χ1) is 11.1. The van der Waals surface area contributed by atoms with E-state index in [9.17, 15) is 35.5 Å². The number of hydrogen-bond donors (Lipinski definition) is 1. The maximum absolute atomic E-state index is 14.0. The first-order valence-corrected chi connectivity index (χ1v) is 6.17. The monoisotopic (exact) mass is 351 g/mol. The number of nitrogens with one attached hydrogen (secondary N) is 1. The fraction of sp³-hybridized carbons (Fsp3) is 0.0714. The number of ether oxygens (including phenoxy) is 1. The van der Waals surface area contributed by atoms with Crippen molar-refractivity contribution < 1.29 is 40.3 Å². The van der Waals surface area contributed by atoms with Crippen LogP contribution in [0.15, 0.2) is 18.2 Å². The minimum absolute atomic E-state index is 0.00410. The SMILES string of the molecule is O=C1Nc2cc(-c3c(F)cc(F)c(F)c3F)c(F)cc2OC1(F)F. The average molecular weight is 351 g/mol. The van der Waals surface area contributed by atoms with Crippen LogP contribution in [0.2, 0.25) is 0 Å². The molecule has 3 rings (SSSR count). The molecule has 0 fully saturated rings. The molecule has 10 heteroatoms. The second kappa shape index (κ2) is 5.11. The van der Waals surface area contributed by atoms with Gasteiger partial charge in [0.15, 0.2) is 23.2 Å². The van der Waals surface area contributed by atoms with Crippen LogP contribution in [-0.2, 0) is 4.79 Å². The molecule has 2 aromatic carbocycles. The van der Waals surface area contributed by atoms with Crippen molar-refractivity contribution in [2.75, 3.05) is 5.32 Å². The van der Waals surface area contributed by atoms with Gasteiger partial charge in [-0.1, -0.05) is 0 Å². The molecule has 2 aromatic rings. The van der Waals surface area contributed by atoms with Gasteiger partial charge in [0.1, 0.15) is 11.6 Å². The van der Waals surface area contributed by atoms with Gasteiger partial charge in [-0.05, 0) is 6.07 Å². The van der Waals surface area contributed by atoms with Gasteiger partial charge in [-0.15, -0.1) is 0 Å². The predicted octanol–water partition coefficient (Wildman–Crippen LogP) is 3.97. The average Bonchev–Trinajstić information content (AvgIpc) is 2.47. The number of rotatable bonds is 1. The summed E-state index contributed by atoms with van der Waals surface area (Å²) < 4.78 is 97.9. The summed E-state index contributed by atoms with van der Waals surface area (Å²) in [6.07, 6.45) is -4.26. The van der Waals surface area contributed by atoms with Crippen molar-refractivity contribution in [2.24, 2.45) is 0 Å². The quantitative estimate of drug-likeness (QED) is 0.480. The molecule has 0 saturated heterocycles. The Morgan fingerprint density at radius 3 is 2.21 bits per heavy atom. The van der Waals surface area contributed by atoms with Gasteiger partial charge in [0, 0.05) is 17.7 Å². The molecule has 0 spiro atoms. The molecule has 0 unspecified atom stereocenters. The van der Waals surface area contributed by atoms with Crippen LogP contribution in [0.1, 0.15) is 0 Å². The zero-order chi connectivity index (χ0) is 17.8. The van der Waals surface area contributed by atoms with Crippen molar-refractivity contribution in [1.29, 1.82) is 0 Å². The lowest BCUT2D eigenvalue weighted by Gasteiger charge is -2.25. The maximum atomic E-state index is 14.0. The molecule has 0 saturated carbocycles. The number of carbonyl (C=O) groups excluding carboxylic acids is 1. The predicted molar refractivity (Wildman–Crippen MR) is 65.9 cm³/mol. The van der Waals surface area contributed by atoms with Crippen molar-refractivity contribution in [3.8, 4) is 16.9 Å². The zero-order valence-electron chi connectivity index (χ0n) is 11.2. The number of carbonyl (C=O) groups is 1. The van der Waals surface area contributed by atoms with E-state index in [1.165, 1.54) is 0 Å². The van der Waals surface area contributed by atoms with Gasteiger partial charge >= 0.3 is 12.0 Å². The molecule has 1 N–H and O–H groups in total. The Morgan fingerprint density at radius 1 is 0.875 bits per heavy atom. The van der Waals surface area contributed by atoms with Gasteiger partial charge in [-0.3, -0.25) is 4.79 Å². The highest BCUT2D eigenvalue weighted by molar-refractivity contribution is 5.99. The Kier molecular flexibility index (Phi) is 3.43. The van der Waals surface area contributed by atoms with E-state index in [2.05, 4.69) is 4.74 Å². The Balaban J connectivity index is 2.21. The second-order valence-corrected chi connectivity index (χ2v) is 4.74. The lowest BCUT2D eigenvalue weighted by atomic mass is 10.0. The van der Waals surface area contributed by atoms with Crippen LogP contribution in [0.5, 0.6) is 5.75 Å². The summed E-state index contributed by atoms with van der Waals surface area (Å²) in [5.41, 5.74) is -2.71. The molecule has 1 aliphatic rings. The van der Waals surface area contributed by atoms with E-state index in [0.717, 1.165) is 0 Å². The lowest BCUT2D eigenvalue weighted by molar-refractivity contribution is -0.189. The van der Waals surface area contributed by atoms with Crippen LogP contribution in [-0.4, -0.2) is 12.0 Å². The normalized spacial score (nSPS) is 15.5. The van der Waals surface area contributed by atoms with E-state index < -0.39 is 63.7 Å². The van der Waals surface area contributed by atoms with Gasteiger partial charge in [0.25, 0.3) is 0 Å². The van der Waals surface area contributed by atoms with E-state index >= 15 is 0 Å². The molecule has 0 atom stereocenters. The molecule has 1 aliphatic heterocycles. The van der Waals surface area contributed by atoms with E-state index in [4.69, 9.17) is 0 Å². The molecular weight excluding hydrogens is 347 g/mol. The largest absolute Gasteiger partial charge is 0.482 e. The van der Waals surface area contributed by atoms with Crippen LogP contribution in [0.4, 0.5) is 36.4 Å². The minimum atomic E-state index is -4.26. The summed E-state index contributed by atoms with van der Waals surface area (Å²) in [6, 6.07) is 0.894. The van der Waals surface area contributed by atoms with Gasteiger partial charge in [-0.25, -0.2) is 22.0 Å². The van der Waals surface area contributed by atoms with Crippen molar-refractivity contribution in [2.45, 2.75) is 6.11 Å². The molecular formula is C14H4F7NO2. The van der Waals surface area contributed by atoms with E-state index in [0.29, 0.717) is 12.1 Å². The van der Waals surface area contributed by atoms with Crippen molar-refractivity contribution in [1.82, 2.24) is 0 Å². The summed E-state index contributed by atoms with van der Waals surface area (Å²) in [7, 11) is 0. The molecule has 0 aliphatic carbocycles. The number of amides is 1. The minimum Gasteiger partial charge on any atom is -0.423 e. The summed E-state index contributed by atoms with van der Waals surface area (Å²) in [6.45, 7) is 0. The molecule has 126 valence electrons.